The van der Waals surface area contributed by atoms with Crippen LogP contribution in [-0.4, -0.2) is 39.1 Å². The number of piperidine rings is 1. The predicted molar refractivity (Wildman–Crippen MR) is 88.0 cm³/mol. The minimum atomic E-state index is -0.318. The second kappa shape index (κ2) is 5.67. The summed E-state index contributed by atoms with van der Waals surface area (Å²) >= 11 is 0. The van der Waals surface area contributed by atoms with Gasteiger partial charge in [-0.2, -0.15) is 5.10 Å². The van der Waals surface area contributed by atoms with E-state index in [-0.39, 0.29) is 17.5 Å². The van der Waals surface area contributed by atoms with Crippen molar-refractivity contribution in [3.05, 3.63) is 51.9 Å². The van der Waals surface area contributed by atoms with Crippen molar-refractivity contribution in [2.75, 3.05) is 13.1 Å². The molecule has 1 aromatic carbocycles. The van der Waals surface area contributed by atoms with Crippen molar-refractivity contribution in [2.45, 2.75) is 25.7 Å². The maximum Gasteiger partial charge on any atom is 0.340 e. The molecular formula is C17H18N4O3. The molecular weight excluding hydrogens is 308 g/mol. The van der Waals surface area contributed by atoms with Crippen molar-refractivity contribution in [3.63, 3.8) is 0 Å². The van der Waals surface area contributed by atoms with Gasteiger partial charge in [0.15, 0.2) is 5.76 Å². The van der Waals surface area contributed by atoms with E-state index in [0.717, 1.165) is 29.4 Å². The van der Waals surface area contributed by atoms with Gasteiger partial charge in [0.2, 0.25) is 0 Å². The molecule has 3 heterocycles. The largest absolute Gasteiger partial charge is 0.451 e. The molecule has 1 saturated heterocycles. The maximum atomic E-state index is 12.8. The molecule has 0 spiro atoms. The van der Waals surface area contributed by atoms with Crippen molar-refractivity contribution < 1.29 is 9.21 Å². The first-order valence-corrected chi connectivity index (χ1v) is 8.05. The number of hydrogen-bond acceptors (Lipinski definition) is 4. The molecule has 1 amide bonds. The van der Waals surface area contributed by atoms with Gasteiger partial charge in [-0.05, 0) is 31.4 Å². The highest BCUT2D eigenvalue weighted by Crippen LogP contribution is 2.27. The van der Waals surface area contributed by atoms with Crippen LogP contribution in [0, 0.1) is 6.92 Å². The van der Waals surface area contributed by atoms with Crippen LogP contribution >= 0.6 is 0 Å². The van der Waals surface area contributed by atoms with E-state index in [4.69, 9.17) is 4.42 Å². The van der Waals surface area contributed by atoms with Gasteiger partial charge >= 0.3 is 5.69 Å². The number of nitrogens with zero attached hydrogens (tertiary/aromatic N) is 2. The molecule has 1 fully saturated rings. The van der Waals surface area contributed by atoms with E-state index in [1.807, 2.05) is 25.1 Å². The smallest absolute Gasteiger partial charge is 0.340 e. The van der Waals surface area contributed by atoms with Gasteiger partial charge in [0, 0.05) is 24.4 Å². The molecule has 7 nitrogen and oxygen atoms in total. The molecule has 3 aromatic rings. The van der Waals surface area contributed by atoms with E-state index >= 15 is 0 Å². The lowest BCUT2D eigenvalue weighted by Gasteiger charge is -2.30. The number of aromatic amines is 2. The monoisotopic (exact) mass is 326 g/mol. The van der Waals surface area contributed by atoms with Gasteiger partial charge in [0.25, 0.3) is 5.91 Å². The van der Waals surface area contributed by atoms with Crippen LogP contribution in [0.5, 0.6) is 0 Å². The molecule has 24 heavy (non-hydrogen) atoms. The number of hydrogen-bond donors (Lipinski definition) is 2. The van der Waals surface area contributed by atoms with Gasteiger partial charge < -0.3 is 9.32 Å². The first-order valence-electron chi connectivity index (χ1n) is 8.05. The SMILES string of the molecule is Cc1cccc2cc(C(=O)N3CCC[C@@H](c4n[nH]c(=O)[nH]4)C3)oc12. The van der Waals surface area contributed by atoms with Crippen LogP contribution in [0.15, 0.2) is 33.5 Å². The number of benzene rings is 1. The Morgan fingerprint density at radius 3 is 3.04 bits per heavy atom. The molecule has 2 N–H and O–H groups in total. The highest BCUT2D eigenvalue weighted by molar-refractivity contribution is 5.96. The fraction of sp³-hybridized carbons (Fsp3) is 0.353. The van der Waals surface area contributed by atoms with Crippen LogP contribution in [0.4, 0.5) is 0 Å². The van der Waals surface area contributed by atoms with Crippen LogP contribution < -0.4 is 5.69 Å². The van der Waals surface area contributed by atoms with Gasteiger partial charge in [0.05, 0.1) is 0 Å². The molecule has 1 aliphatic rings. The number of aromatic nitrogens is 3. The third-order valence-corrected chi connectivity index (χ3v) is 4.57. The van der Waals surface area contributed by atoms with Crippen LogP contribution in [0.3, 0.4) is 0 Å². The van der Waals surface area contributed by atoms with Gasteiger partial charge in [-0.3, -0.25) is 9.78 Å². The lowest BCUT2D eigenvalue weighted by molar-refractivity contribution is 0.0675. The number of carbonyl (C=O) groups excluding carboxylic acids is 1. The summed E-state index contributed by atoms with van der Waals surface area (Å²) < 4.78 is 5.79. The number of furan rings is 1. The summed E-state index contributed by atoms with van der Waals surface area (Å²) in [4.78, 5) is 28.5. The number of para-hydroxylation sites is 1. The van der Waals surface area contributed by atoms with Crippen molar-refractivity contribution >= 4 is 16.9 Å². The second-order valence-corrected chi connectivity index (χ2v) is 6.26. The summed E-state index contributed by atoms with van der Waals surface area (Å²) in [5.41, 5.74) is 1.45. The summed E-state index contributed by atoms with van der Waals surface area (Å²) in [6.45, 7) is 3.17. The Hall–Kier alpha value is -2.83. The first-order chi connectivity index (χ1) is 11.6. The van der Waals surface area contributed by atoms with E-state index in [2.05, 4.69) is 15.2 Å². The fourth-order valence-electron chi connectivity index (χ4n) is 3.33. The molecule has 2 aromatic heterocycles. The Morgan fingerprint density at radius 2 is 2.29 bits per heavy atom. The second-order valence-electron chi connectivity index (χ2n) is 6.26. The molecule has 4 rings (SSSR count). The maximum absolute atomic E-state index is 12.8. The number of H-pyrrole nitrogens is 2. The molecule has 1 atom stereocenters. The van der Waals surface area contributed by atoms with Gasteiger partial charge in [-0.1, -0.05) is 18.2 Å². The summed E-state index contributed by atoms with van der Waals surface area (Å²) in [6.07, 6.45) is 1.76. The average molecular weight is 326 g/mol. The normalized spacial score (nSPS) is 18.2. The fourth-order valence-corrected chi connectivity index (χ4v) is 3.33. The summed E-state index contributed by atoms with van der Waals surface area (Å²) in [5, 5.41) is 7.31. The zero-order valence-electron chi connectivity index (χ0n) is 13.3. The number of rotatable bonds is 2. The van der Waals surface area contributed by atoms with Crippen molar-refractivity contribution in [2.24, 2.45) is 0 Å². The lowest BCUT2D eigenvalue weighted by Crippen LogP contribution is -2.39. The number of likely N-dealkylation sites (tertiary alicyclic amines) is 1. The zero-order chi connectivity index (χ0) is 16.7. The van der Waals surface area contributed by atoms with Crippen LogP contribution in [0.25, 0.3) is 11.0 Å². The highest BCUT2D eigenvalue weighted by Gasteiger charge is 2.29. The molecule has 0 aliphatic carbocycles. The number of carbonyl (C=O) groups is 1. The zero-order valence-corrected chi connectivity index (χ0v) is 13.3. The summed E-state index contributed by atoms with van der Waals surface area (Å²) in [6, 6.07) is 7.65. The van der Waals surface area contributed by atoms with Crippen LogP contribution in [0.1, 0.15) is 40.7 Å². The quantitative estimate of drug-likeness (QED) is 0.754. The van der Waals surface area contributed by atoms with Crippen LogP contribution in [-0.2, 0) is 0 Å². The Balaban J connectivity index is 1.58. The summed E-state index contributed by atoms with van der Waals surface area (Å²) in [5.74, 6) is 0.884. The van der Waals surface area contributed by atoms with Gasteiger partial charge in [-0.15, -0.1) is 0 Å². The lowest BCUT2D eigenvalue weighted by atomic mass is 9.97. The third-order valence-electron chi connectivity index (χ3n) is 4.57. The van der Waals surface area contributed by atoms with Crippen molar-refractivity contribution in [1.29, 1.82) is 0 Å². The van der Waals surface area contributed by atoms with E-state index in [0.29, 0.717) is 24.7 Å². The van der Waals surface area contributed by atoms with E-state index in [1.165, 1.54) is 0 Å². The molecule has 0 saturated carbocycles. The molecule has 7 heteroatoms. The van der Waals surface area contributed by atoms with Crippen molar-refractivity contribution in [1.82, 2.24) is 20.1 Å². The third kappa shape index (κ3) is 2.51. The van der Waals surface area contributed by atoms with Crippen LogP contribution in [0.2, 0.25) is 0 Å². The highest BCUT2D eigenvalue weighted by atomic mass is 16.3. The van der Waals surface area contributed by atoms with E-state index in [1.54, 1.807) is 11.0 Å². The number of amides is 1. The van der Waals surface area contributed by atoms with Crippen molar-refractivity contribution in [3.8, 4) is 0 Å². The number of fused-ring (bicyclic) bond motifs is 1. The Bertz CT molecular complexity index is 952. The Morgan fingerprint density at radius 1 is 1.42 bits per heavy atom. The van der Waals surface area contributed by atoms with E-state index < -0.39 is 0 Å². The molecule has 0 radical (unpaired) electrons. The standard InChI is InChI=1S/C17H18N4O3/c1-10-4-2-5-11-8-13(24-14(10)11)16(22)21-7-3-6-12(9-21)15-18-17(23)20-19-15/h2,4-5,8,12H,3,6-7,9H2,1H3,(H2,18,19,20,23)/t12-/m1/s1. The van der Waals surface area contributed by atoms with Gasteiger partial charge in [0.1, 0.15) is 11.4 Å². The molecule has 0 bridgehead atoms. The molecule has 124 valence electrons. The average Bonchev–Trinajstić information content (AvgIpc) is 3.21. The first kappa shape index (κ1) is 14.7. The number of aryl methyl sites for hydroxylation is 1. The Kier molecular flexibility index (Phi) is 3.48. The minimum absolute atomic E-state index is 0.0350. The van der Waals surface area contributed by atoms with E-state index in [9.17, 15) is 9.59 Å². The number of nitrogens with one attached hydrogen (secondary N) is 2. The summed E-state index contributed by atoms with van der Waals surface area (Å²) in [7, 11) is 0. The topological polar surface area (TPSA) is 95.0 Å². The minimum Gasteiger partial charge on any atom is -0.451 e. The Labute approximate surface area is 137 Å². The molecule has 0 unspecified atom stereocenters. The van der Waals surface area contributed by atoms with Gasteiger partial charge in [-0.25, -0.2) is 9.89 Å². The molecule has 1 aliphatic heterocycles. The predicted octanol–water partition coefficient (Wildman–Crippen LogP) is 2.17.